The van der Waals surface area contributed by atoms with Crippen LogP contribution in [-0.4, -0.2) is 70.3 Å². The topological polar surface area (TPSA) is 67.7 Å². The lowest BCUT2D eigenvalue weighted by Gasteiger charge is -2.27. The number of hydrogen-bond donors (Lipinski definition) is 0. The molecule has 0 aliphatic carbocycles. The van der Waals surface area contributed by atoms with Crippen LogP contribution in [0, 0.1) is 0 Å². The number of ether oxygens (including phenoxy) is 1. The van der Waals surface area contributed by atoms with Crippen molar-refractivity contribution in [3.63, 3.8) is 0 Å². The number of hydrogen-bond acceptors (Lipinski definition) is 4. The predicted molar refractivity (Wildman–Crippen MR) is 88.2 cm³/mol. The first-order valence-electron chi connectivity index (χ1n) is 8.87. The summed E-state index contributed by atoms with van der Waals surface area (Å²) in [7, 11) is 0. The quantitative estimate of drug-likeness (QED) is 0.821. The third-order valence-corrected chi connectivity index (χ3v) is 4.65. The monoisotopic (exact) mass is 334 g/mol. The van der Waals surface area contributed by atoms with Crippen LogP contribution in [0.4, 0.5) is 0 Å². The zero-order chi connectivity index (χ0) is 16.8. The minimum Gasteiger partial charge on any atom is -0.374 e. The standard InChI is InChI=1S/C17H26N4O3/c22-16-6-2-1-3-8-20(16)14-17(23)19-9-5-11-24-15(12-19)13-21-10-4-7-18-21/h4,7,10,15H,1-3,5-6,8-9,11-14H2/t15-/m0/s1. The lowest BCUT2D eigenvalue weighted by Crippen LogP contribution is -2.45. The van der Waals surface area contributed by atoms with Crippen LogP contribution >= 0.6 is 0 Å². The lowest BCUT2D eigenvalue weighted by molar-refractivity contribution is -0.140. The Hall–Kier alpha value is -1.89. The molecule has 1 atom stereocenters. The molecule has 3 rings (SSSR count). The van der Waals surface area contributed by atoms with Gasteiger partial charge in [-0.25, -0.2) is 0 Å². The molecule has 0 aromatic carbocycles. The molecule has 2 fully saturated rings. The highest BCUT2D eigenvalue weighted by molar-refractivity contribution is 5.85. The van der Waals surface area contributed by atoms with Gasteiger partial charge in [0.25, 0.3) is 0 Å². The van der Waals surface area contributed by atoms with Gasteiger partial charge in [0.05, 0.1) is 19.2 Å². The average Bonchev–Trinajstić information content (AvgIpc) is 2.85. The number of aromatic nitrogens is 2. The van der Waals surface area contributed by atoms with E-state index in [0.717, 1.165) is 25.7 Å². The van der Waals surface area contributed by atoms with Crippen molar-refractivity contribution in [1.29, 1.82) is 0 Å². The Morgan fingerprint density at radius 3 is 3.00 bits per heavy atom. The van der Waals surface area contributed by atoms with Crippen LogP contribution in [0.5, 0.6) is 0 Å². The average molecular weight is 334 g/mol. The molecule has 0 radical (unpaired) electrons. The Balaban J connectivity index is 1.57. The molecule has 2 aliphatic rings. The molecule has 0 saturated carbocycles. The van der Waals surface area contributed by atoms with Crippen molar-refractivity contribution in [3.05, 3.63) is 18.5 Å². The molecule has 24 heavy (non-hydrogen) atoms. The van der Waals surface area contributed by atoms with Gasteiger partial charge < -0.3 is 14.5 Å². The predicted octanol–water partition coefficient (Wildman–Crippen LogP) is 0.903. The molecule has 7 nitrogen and oxygen atoms in total. The van der Waals surface area contributed by atoms with Gasteiger partial charge in [-0.1, -0.05) is 6.42 Å². The molecule has 0 bridgehead atoms. The Morgan fingerprint density at radius 2 is 2.17 bits per heavy atom. The zero-order valence-corrected chi connectivity index (χ0v) is 14.1. The van der Waals surface area contributed by atoms with Crippen molar-refractivity contribution >= 4 is 11.8 Å². The highest BCUT2D eigenvalue weighted by atomic mass is 16.5. The molecule has 132 valence electrons. The normalized spacial score (nSPS) is 23.0. The van der Waals surface area contributed by atoms with Crippen LogP contribution in [0.1, 0.15) is 32.1 Å². The highest BCUT2D eigenvalue weighted by Gasteiger charge is 2.26. The van der Waals surface area contributed by atoms with Gasteiger partial charge in [-0.15, -0.1) is 0 Å². The molecule has 2 amide bonds. The maximum absolute atomic E-state index is 12.7. The first kappa shape index (κ1) is 17.0. The summed E-state index contributed by atoms with van der Waals surface area (Å²) in [6, 6.07) is 1.88. The maximum Gasteiger partial charge on any atom is 0.242 e. The van der Waals surface area contributed by atoms with Crippen molar-refractivity contribution in [2.75, 3.05) is 32.8 Å². The van der Waals surface area contributed by atoms with E-state index in [0.29, 0.717) is 39.2 Å². The minimum atomic E-state index is -0.0591. The second-order valence-electron chi connectivity index (χ2n) is 6.54. The summed E-state index contributed by atoms with van der Waals surface area (Å²) in [6.07, 6.45) is 7.97. The van der Waals surface area contributed by atoms with Crippen LogP contribution in [-0.2, 0) is 20.9 Å². The second-order valence-corrected chi connectivity index (χ2v) is 6.54. The van der Waals surface area contributed by atoms with E-state index >= 15 is 0 Å². The van der Waals surface area contributed by atoms with Gasteiger partial charge in [0, 0.05) is 45.1 Å². The Labute approximate surface area is 142 Å². The summed E-state index contributed by atoms with van der Waals surface area (Å²) in [6.45, 7) is 3.44. The van der Waals surface area contributed by atoms with Crippen molar-refractivity contribution in [2.45, 2.75) is 44.8 Å². The van der Waals surface area contributed by atoms with Crippen LogP contribution in [0.3, 0.4) is 0 Å². The molecule has 1 aromatic rings. The van der Waals surface area contributed by atoms with Crippen molar-refractivity contribution in [2.24, 2.45) is 0 Å². The SMILES string of the molecule is O=C1CCCCCN1CC(=O)N1CCCO[C@H](Cn2cccn2)C1. The number of rotatable bonds is 4. The minimum absolute atomic E-state index is 0.0289. The third-order valence-electron chi connectivity index (χ3n) is 4.65. The fraction of sp³-hybridized carbons (Fsp3) is 0.706. The number of amides is 2. The summed E-state index contributed by atoms with van der Waals surface area (Å²) >= 11 is 0. The molecule has 0 spiro atoms. The fourth-order valence-electron chi connectivity index (χ4n) is 3.32. The number of carbonyl (C=O) groups excluding carboxylic acids is 2. The summed E-state index contributed by atoms with van der Waals surface area (Å²) in [4.78, 5) is 28.3. The Kier molecular flexibility index (Phi) is 5.85. The number of nitrogens with zero attached hydrogens (tertiary/aromatic N) is 4. The first-order valence-corrected chi connectivity index (χ1v) is 8.87. The molecule has 2 aliphatic heterocycles. The molecule has 2 saturated heterocycles. The number of likely N-dealkylation sites (tertiary alicyclic amines) is 1. The molecule has 3 heterocycles. The van der Waals surface area contributed by atoms with Gasteiger partial charge in [0.2, 0.25) is 11.8 Å². The van der Waals surface area contributed by atoms with E-state index in [1.54, 1.807) is 11.1 Å². The molecule has 0 unspecified atom stereocenters. The Morgan fingerprint density at radius 1 is 1.25 bits per heavy atom. The van der Waals surface area contributed by atoms with Gasteiger partial charge in [-0.05, 0) is 25.3 Å². The van der Waals surface area contributed by atoms with E-state index < -0.39 is 0 Å². The first-order chi connectivity index (χ1) is 11.7. The van der Waals surface area contributed by atoms with E-state index in [1.165, 1.54) is 0 Å². The van der Waals surface area contributed by atoms with Crippen LogP contribution in [0.15, 0.2) is 18.5 Å². The van der Waals surface area contributed by atoms with Gasteiger partial charge in [0.15, 0.2) is 0 Å². The largest absolute Gasteiger partial charge is 0.374 e. The molecular formula is C17H26N4O3. The van der Waals surface area contributed by atoms with Gasteiger partial charge in [-0.3, -0.25) is 14.3 Å². The molecule has 0 N–H and O–H groups in total. The van der Waals surface area contributed by atoms with E-state index in [-0.39, 0.29) is 24.5 Å². The molecule has 7 heteroatoms. The summed E-state index contributed by atoms with van der Waals surface area (Å²) in [5.41, 5.74) is 0. The smallest absolute Gasteiger partial charge is 0.242 e. The molecule has 1 aromatic heterocycles. The number of carbonyl (C=O) groups is 2. The Bertz CT molecular complexity index is 546. The van der Waals surface area contributed by atoms with Crippen molar-refractivity contribution < 1.29 is 14.3 Å². The van der Waals surface area contributed by atoms with E-state index in [9.17, 15) is 9.59 Å². The van der Waals surface area contributed by atoms with Crippen molar-refractivity contribution in [1.82, 2.24) is 19.6 Å². The van der Waals surface area contributed by atoms with Crippen LogP contribution in [0.25, 0.3) is 0 Å². The summed E-state index contributed by atoms with van der Waals surface area (Å²) in [5.74, 6) is 0.140. The van der Waals surface area contributed by atoms with Crippen molar-refractivity contribution in [3.8, 4) is 0 Å². The van der Waals surface area contributed by atoms with Crippen LogP contribution in [0.2, 0.25) is 0 Å². The van der Waals surface area contributed by atoms with Crippen LogP contribution < -0.4 is 0 Å². The van der Waals surface area contributed by atoms with E-state index in [1.807, 2.05) is 21.8 Å². The summed E-state index contributed by atoms with van der Waals surface area (Å²) < 4.78 is 7.68. The third kappa shape index (κ3) is 4.56. The lowest BCUT2D eigenvalue weighted by atomic mass is 10.2. The summed E-state index contributed by atoms with van der Waals surface area (Å²) in [5, 5.41) is 4.21. The van der Waals surface area contributed by atoms with Gasteiger partial charge in [-0.2, -0.15) is 5.10 Å². The van der Waals surface area contributed by atoms with Gasteiger partial charge in [0.1, 0.15) is 0 Å². The van der Waals surface area contributed by atoms with E-state index in [4.69, 9.17) is 4.74 Å². The maximum atomic E-state index is 12.7. The highest BCUT2D eigenvalue weighted by Crippen LogP contribution is 2.13. The van der Waals surface area contributed by atoms with Gasteiger partial charge >= 0.3 is 0 Å². The zero-order valence-electron chi connectivity index (χ0n) is 14.1. The molecular weight excluding hydrogens is 308 g/mol. The second kappa shape index (κ2) is 8.28. The fourth-order valence-corrected chi connectivity index (χ4v) is 3.32. The van der Waals surface area contributed by atoms with E-state index in [2.05, 4.69) is 5.10 Å².